The molecular weight excluding hydrogens is 470 g/mol. The minimum atomic E-state index is 0.284. The highest BCUT2D eigenvalue weighted by molar-refractivity contribution is 5.64. The SMILES string of the molecule is C=C/C(=C\c1[nH]c([C@@H]2CCCN2)nc1C=C)[C@H]1CC[C@H](C(=C/C)/C=c2/[nH]c([C@@H]3CCCN3)n/c2=C/C)N1C. The van der Waals surface area contributed by atoms with Gasteiger partial charge in [-0.15, -0.1) is 0 Å². The van der Waals surface area contributed by atoms with Gasteiger partial charge in [0, 0.05) is 12.1 Å². The summed E-state index contributed by atoms with van der Waals surface area (Å²) in [6, 6.07) is 1.24. The molecule has 202 valence electrons. The van der Waals surface area contributed by atoms with E-state index in [1.807, 2.05) is 12.2 Å². The third kappa shape index (κ3) is 5.28. The molecule has 7 nitrogen and oxygen atoms in total. The van der Waals surface area contributed by atoms with E-state index in [2.05, 4.69) is 83.9 Å². The van der Waals surface area contributed by atoms with E-state index in [0.29, 0.717) is 18.1 Å². The highest BCUT2D eigenvalue weighted by Crippen LogP contribution is 2.33. The summed E-state index contributed by atoms with van der Waals surface area (Å²) in [5, 5.41) is 9.22. The second-order valence-corrected chi connectivity index (χ2v) is 10.7. The summed E-state index contributed by atoms with van der Waals surface area (Å²) in [7, 11) is 2.24. The van der Waals surface area contributed by atoms with Crippen LogP contribution in [0.4, 0.5) is 0 Å². The molecule has 0 amide bonds. The number of rotatable bonds is 8. The van der Waals surface area contributed by atoms with Crippen molar-refractivity contribution >= 4 is 24.3 Å². The molecule has 3 saturated heterocycles. The first-order valence-corrected chi connectivity index (χ1v) is 14.2. The van der Waals surface area contributed by atoms with E-state index in [1.165, 1.54) is 24.0 Å². The fourth-order valence-electron chi connectivity index (χ4n) is 6.34. The Morgan fingerprint density at radius 3 is 2.11 bits per heavy atom. The predicted molar refractivity (Wildman–Crippen MR) is 158 cm³/mol. The summed E-state index contributed by atoms with van der Waals surface area (Å²) < 4.78 is 0. The van der Waals surface area contributed by atoms with E-state index in [-0.39, 0.29) is 6.04 Å². The molecule has 3 aliphatic rings. The molecule has 7 heteroatoms. The van der Waals surface area contributed by atoms with Gasteiger partial charge in [-0.3, -0.25) is 4.90 Å². The first-order chi connectivity index (χ1) is 18.6. The number of H-pyrrole nitrogens is 2. The Labute approximate surface area is 226 Å². The van der Waals surface area contributed by atoms with Crippen LogP contribution in [-0.4, -0.2) is 57.1 Å². The maximum Gasteiger partial charge on any atom is 0.124 e. The summed E-state index contributed by atoms with van der Waals surface area (Å²) in [5.41, 5.74) is 4.45. The quantitative estimate of drug-likeness (QED) is 0.403. The van der Waals surface area contributed by atoms with Crippen LogP contribution in [0.5, 0.6) is 0 Å². The number of aromatic nitrogens is 4. The number of hydrogen-bond acceptors (Lipinski definition) is 5. The zero-order valence-electron chi connectivity index (χ0n) is 23.2. The van der Waals surface area contributed by atoms with Crippen molar-refractivity contribution in [3.05, 3.63) is 70.2 Å². The highest BCUT2D eigenvalue weighted by Gasteiger charge is 2.33. The van der Waals surface area contributed by atoms with E-state index in [1.54, 1.807) is 0 Å². The van der Waals surface area contributed by atoms with Crippen molar-refractivity contribution in [1.29, 1.82) is 0 Å². The highest BCUT2D eigenvalue weighted by atomic mass is 15.2. The third-order valence-electron chi connectivity index (χ3n) is 8.46. The van der Waals surface area contributed by atoms with Gasteiger partial charge in [-0.2, -0.15) is 0 Å². The molecule has 5 heterocycles. The van der Waals surface area contributed by atoms with Crippen LogP contribution in [0.3, 0.4) is 0 Å². The number of likely N-dealkylation sites (N-methyl/N-ethyl adjacent to an activating group) is 1. The van der Waals surface area contributed by atoms with E-state index in [9.17, 15) is 0 Å². The topological polar surface area (TPSA) is 84.7 Å². The first kappa shape index (κ1) is 26.6. The van der Waals surface area contributed by atoms with Crippen LogP contribution in [0.25, 0.3) is 24.3 Å². The van der Waals surface area contributed by atoms with Crippen molar-refractivity contribution in [1.82, 2.24) is 35.5 Å². The van der Waals surface area contributed by atoms with Gasteiger partial charge in [0.2, 0.25) is 0 Å². The lowest BCUT2D eigenvalue weighted by Gasteiger charge is -2.27. The van der Waals surface area contributed by atoms with Crippen LogP contribution in [0.2, 0.25) is 0 Å². The molecule has 3 fully saturated rings. The zero-order valence-corrected chi connectivity index (χ0v) is 23.2. The number of allylic oxidation sites excluding steroid dienone is 1. The van der Waals surface area contributed by atoms with Crippen molar-refractivity contribution in [2.45, 2.75) is 76.5 Å². The van der Waals surface area contributed by atoms with Gasteiger partial charge < -0.3 is 20.6 Å². The van der Waals surface area contributed by atoms with E-state index >= 15 is 0 Å². The second kappa shape index (κ2) is 11.8. The maximum absolute atomic E-state index is 4.90. The monoisotopic (exact) mass is 513 g/mol. The molecule has 4 N–H and O–H groups in total. The van der Waals surface area contributed by atoms with E-state index < -0.39 is 0 Å². The Hall–Kier alpha value is -3.00. The molecule has 0 spiro atoms. The fraction of sp³-hybridized carbons (Fsp3) is 0.484. The number of likely N-dealkylation sites (tertiary alicyclic amines) is 1. The van der Waals surface area contributed by atoms with Crippen LogP contribution in [0.15, 0.2) is 36.5 Å². The van der Waals surface area contributed by atoms with Crippen molar-refractivity contribution in [3.8, 4) is 0 Å². The van der Waals surface area contributed by atoms with Crippen LogP contribution in [-0.2, 0) is 0 Å². The lowest BCUT2D eigenvalue weighted by molar-refractivity contribution is 0.297. The third-order valence-corrected chi connectivity index (χ3v) is 8.46. The standard InChI is InChI=1S/C31H43N7/c1-6-20(18-26-22(8-3)34-30(36-26)24-12-10-16-32-24)28-14-15-29(38(28)5)21(7-2)19-27-23(9-4)35-31(37-27)25-13-11-17-33-25/h6-9,18-19,24-25,28-29,32-33H,1,3,10-17H2,2,4-5H3,(H,34,36)(H,35,37)/b20-18+,21-7+,23-9+,27-19+/t24-,25-,28+,29+/m0/s1. The first-order valence-electron chi connectivity index (χ1n) is 14.2. The molecule has 0 radical (unpaired) electrons. The minimum absolute atomic E-state index is 0.284. The van der Waals surface area contributed by atoms with E-state index in [0.717, 1.165) is 72.5 Å². The summed E-state index contributed by atoms with van der Waals surface area (Å²) >= 11 is 0. The Balaban J connectivity index is 1.39. The Morgan fingerprint density at radius 1 is 0.895 bits per heavy atom. The molecule has 0 unspecified atom stereocenters. The van der Waals surface area contributed by atoms with Gasteiger partial charge in [0.1, 0.15) is 11.6 Å². The van der Waals surface area contributed by atoms with Crippen molar-refractivity contribution in [2.75, 3.05) is 20.1 Å². The zero-order chi connectivity index (χ0) is 26.6. The predicted octanol–water partition coefficient (Wildman–Crippen LogP) is 3.88. The van der Waals surface area contributed by atoms with Crippen LogP contribution in [0.1, 0.15) is 87.5 Å². The largest absolute Gasteiger partial charge is 0.341 e. The molecular formula is C31H43N7. The molecule has 0 aromatic carbocycles. The fourth-order valence-corrected chi connectivity index (χ4v) is 6.34. The Bertz CT molecular complexity index is 1330. The van der Waals surface area contributed by atoms with Crippen LogP contribution in [0, 0.1) is 0 Å². The lowest BCUT2D eigenvalue weighted by Crippen LogP contribution is -2.35. The van der Waals surface area contributed by atoms with Gasteiger partial charge in [0.25, 0.3) is 0 Å². The van der Waals surface area contributed by atoms with Gasteiger partial charge in [0.05, 0.1) is 34.2 Å². The smallest absolute Gasteiger partial charge is 0.124 e. The molecule has 2 aromatic heterocycles. The van der Waals surface area contributed by atoms with Crippen molar-refractivity contribution < 1.29 is 0 Å². The van der Waals surface area contributed by atoms with Gasteiger partial charge in [-0.25, -0.2) is 9.97 Å². The molecule has 38 heavy (non-hydrogen) atoms. The van der Waals surface area contributed by atoms with Gasteiger partial charge in [0.15, 0.2) is 0 Å². The van der Waals surface area contributed by atoms with Crippen molar-refractivity contribution in [2.24, 2.45) is 0 Å². The summed E-state index contributed by atoms with van der Waals surface area (Å²) in [5.74, 6) is 2.06. The molecule has 0 bridgehead atoms. The van der Waals surface area contributed by atoms with Crippen LogP contribution >= 0.6 is 0 Å². The number of nitrogens with one attached hydrogen (secondary N) is 4. The molecule has 4 atom stereocenters. The number of imidazole rings is 2. The van der Waals surface area contributed by atoms with Crippen molar-refractivity contribution in [3.63, 3.8) is 0 Å². The molecule has 5 rings (SSSR count). The average molecular weight is 514 g/mol. The molecule has 3 aliphatic heterocycles. The van der Waals surface area contributed by atoms with Gasteiger partial charge in [-0.1, -0.05) is 31.4 Å². The Kier molecular flexibility index (Phi) is 8.27. The molecule has 0 aliphatic carbocycles. The number of aromatic amines is 2. The second-order valence-electron chi connectivity index (χ2n) is 10.7. The van der Waals surface area contributed by atoms with E-state index in [4.69, 9.17) is 9.97 Å². The van der Waals surface area contributed by atoms with Gasteiger partial charge >= 0.3 is 0 Å². The Morgan fingerprint density at radius 2 is 1.55 bits per heavy atom. The maximum atomic E-state index is 4.90. The molecule has 2 aromatic rings. The summed E-state index contributed by atoms with van der Waals surface area (Å²) in [6.07, 6.45) is 19.5. The normalized spacial score (nSPS) is 28.1. The number of hydrogen-bond donors (Lipinski definition) is 4. The van der Waals surface area contributed by atoms with Crippen LogP contribution < -0.4 is 21.3 Å². The molecule has 0 saturated carbocycles. The summed E-state index contributed by atoms with van der Waals surface area (Å²) in [6.45, 7) is 14.5. The van der Waals surface area contributed by atoms with Gasteiger partial charge in [-0.05, 0) is 102 Å². The lowest BCUT2D eigenvalue weighted by atomic mass is 10.0. The number of nitrogens with zero attached hydrogens (tertiary/aromatic N) is 3. The average Bonchev–Trinajstić information content (AvgIpc) is 3.76. The summed E-state index contributed by atoms with van der Waals surface area (Å²) in [4.78, 5) is 19.4. The minimum Gasteiger partial charge on any atom is -0.341 e.